The highest BCUT2D eigenvalue weighted by Gasteiger charge is 2.23. The maximum atomic E-state index is 12.4. The lowest BCUT2D eigenvalue weighted by Crippen LogP contribution is -2.34. The number of benzene rings is 2. The number of hydrogen-bond donors (Lipinski definition) is 0. The van der Waals surface area contributed by atoms with Crippen molar-refractivity contribution in [1.29, 1.82) is 0 Å². The van der Waals surface area contributed by atoms with Gasteiger partial charge in [-0.1, -0.05) is 31.5 Å². The molecule has 2 aliphatic rings. The van der Waals surface area contributed by atoms with Gasteiger partial charge in [-0.2, -0.15) is 0 Å². The number of carbonyl (C=O) groups excluding carboxylic acids is 1. The van der Waals surface area contributed by atoms with Crippen molar-refractivity contribution in [3.63, 3.8) is 0 Å². The van der Waals surface area contributed by atoms with Crippen LogP contribution in [0.15, 0.2) is 48.0 Å². The number of hydrogen-bond acceptors (Lipinski definition) is 6. The number of esters is 1. The van der Waals surface area contributed by atoms with Crippen LogP contribution in [-0.2, 0) is 19.0 Å². The highest BCUT2D eigenvalue weighted by molar-refractivity contribution is 5.95. The minimum atomic E-state index is -0.251. The molecule has 36 heavy (non-hydrogen) atoms. The van der Waals surface area contributed by atoms with Crippen molar-refractivity contribution in [2.45, 2.75) is 51.6 Å². The van der Waals surface area contributed by atoms with Crippen LogP contribution in [0.4, 0.5) is 5.69 Å². The Balaban J connectivity index is 1.52. The highest BCUT2D eigenvalue weighted by Crippen LogP contribution is 2.33. The van der Waals surface area contributed by atoms with Gasteiger partial charge >= 0.3 is 5.97 Å². The fourth-order valence-corrected chi connectivity index (χ4v) is 4.80. The first-order valence-corrected chi connectivity index (χ1v) is 13.3. The molecule has 0 unspecified atom stereocenters. The van der Waals surface area contributed by atoms with E-state index in [0.29, 0.717) is 19.6 Å². The number of unbranched alkanes of at least 4 members (excludes halogenated alkanes) is 1. The average Bonchev–Trinajstić information content (AvgIpc) is 3.41. The molecule has 6 heteroatoms. The number of anilines is 1. The van der Waals surface area contributed by atoms with E-state index in [1.165, 1.54) is 7.11 Å². The molecule has 1 atom stereocenters. The SMILES string of the molecule is CCCCOCCOc1ccc(-c2ccc3c(c2)/C=C(/C(=O)OC)CCCN3C[C@@H]2CCCO2)cc1. The molecule has 2 aromatic carbocycles. The van der Waals surface area contributed by atoms with Crippen LogP contribution in [0.3, 0.4) is 0 Å². The molecule has 0 amide bonds. The molecule has 0 N–H and O–H groups in total. The van der Waals surface area contributed by atoms with E-state index in [2.05, 4.69) is 42.2 Å². The Morgan fingerprint density at radius 1 is 1.06 bits per heavy atom. The van der Waals surface area contributed by atoms with E-state index < -0.39 is 0 Å². The lowest BCUT2D eigenvalue weighted by molar-refractivity contribution is -0.136. The van der Waals surface area contributed by atoms with Gasteiger partial charge < -0.3 is 23.8 Å². The van der Waals surface area contributed by atoms with Crippen molar-refractivity contribution in [2.24, 2.45) is 0 Å². The molecule has 0 bridgehead atoms. The van der Waals surface area contributed by atoms with Crippen molar-refractivity contribution in [3.05, 3.63) is 53.6 Å². The lowest BCUT2D eigenvalue weighted by Gasteiger charge is -2.31. The van der Waals surface area contributed by atoms with Crippen molar-refractivity contribution >= 4 is 17.7 Å². The second kappa shape index (κ2) is 13.5. The minimum absolute atomic E-state index is 0.251. The van der Waals surface area contributed by atoms with Crippen molar-refractivity contribution in [2.75, 3.05) is 51.5 Å². The molecule has 0 aromatic heterocycles. The summed E-state index contributed by atoms with van der Waals surface area (Å²) in [5.74, 6) is 0.582. The van der Waals surface area contributed by atoms with Crippen LogP contribution in [0.1, 0.15) is 51.0 Å². The third-order valence-electron chi connectivity index (χ3n) is 6.79. The summed E-state index contributed by atoms with van der Waals surface area (Å²) in [5, 5.41) is 0. The molecule has 2 heterocycles. The molecule has 0 radical (unpaired) electrons. The first-order valence-electron chi connectivity index (χ1n) is 13.3. The van der Waals surface area contributed by atoms with Gasteiger partial charge in [-0.3, -0.25) is 0 Å². The van der Waals surface area contributed by atoms with Crippen LogP contribution >= 0.6 is 0 Å². The molecule has 0 saturated carbocycles. The maximum absolute atomic E-state index is 12.4. The third kappa shape index (κ3) is 7.11. The summed E-state index contributed by atoms with van der Waals surface area (Å²) < 4.78 is 22.4. The average molecular weight is 494 g/mol. The Hall–Kier alpha value is -2.83. The molecule has 0 spiro atoms. The summed E-state index contributed by atoms with van der Waals surface area (Å²) in [4.78, 5) is 14.8. The normalized spacial score (nSPS) is 19.1. The molecule has 2 aliphatic heterocycles. The van der Waals surface area contributed by atoms with Crippen LogP contribution in [0, 0.1) is 0 Å². The fraction of sp³-hybridized carbons (Fsp3) is 0.500. The maximum Gasteiger partial charge on any atom is 0.333 e. The van der Waals surface area contributed by atoms with Gasteiger partial charge in [-0.05, 0) is 79.1 Å². The number of rotatable bonds is 11. The van der Waals surface area contributed by atoms with Gasteiger partial charge in [-0.25, -0.2) is 4.79 Å². The van der Waals surface area contributed by atoms with E-state index in [0.717, 1.165) is 92.1 Å². The Morgan fingerprint density at radius 2 is 1.89 bits per heavy atom. The molecule has 4 rings (SSSR count). The van der Waals surface area contributed by atoms with Gasteiger partial charge in [0.25, 0.3) is 0 Å². The van der Waals surface area contributed by atoms with E-state index in [1.54, 1.807) is 0 Å². The van der Waals surface area contributed by atoms with Crippen molar-refractivity contribution in [3.8, 4) is 16.9 Å². The molecular formula is C30H39NO5. The van der Waals surface area contributed by atoms with Gasteiger partial charge in [0, 0.05) is 37.6 Å². The standard InChI is InChI=1S/C30H39NO5/c1-3-4-16-34-18-19-36-27-12-9-23(10-13-27)24-11-14-29-26(20-24)21-25(30(32)33-2)7-5-15-31(29)22-28-8-6-17-35-28/h9-14,20-21,28H,3-8,15-19,22H2,1-2H3/b25-21+/t28-/m0/s1. The number of fused-ring (bicyclic) bond motifs is 1. The third-order valence-corrected chi connectivity index (χ3v) is 6.79. The zero-order valence-electron chi connectivity index (χ0n) is 21.7. The van der Waals surface area contributed by atoms with Crippen LogP contribution in [0.5, 0.6) is 5.75 Å². The first-order chi connectivity index (χ1) is 17.7. The van der Waals surface area contributed by atoms with E-state index >= 15 is 0 Å². The van der Waals surface area contributed by atoms with E-state index in [9.17, 15) is 4.79 Å². The Bertz CT molecular complexity index is 1010. The summed E-state index contributed by atoms with van der Waals surface area (Å²) in [6.45, 7) is 6.70. The summed E-state index contributed by atoms with van der Waals surface area (Å²) in [6, 6.07) is 14.7. The molecule has 1 fully saturated rings. The van der Waals surface area contributed by atoms with Gasteiger partial charge in [0.15, 0.2) is 0 Å². The predicted octanol–water partition coefficient (Wildman–Crippen LogP) is 5.88. The topological polar surface area (TPSA) is 57.2 Å². The van der Waals surface area contributed by atoms with Crippen LogP contribution in [0.2, 0.25) is 0 Å². The van der Waals surface area contributed by atoms with Crippen LogP contribution < -0.4 is 9.64 Å². The number of carbonyl (C=O) groups is 1. The molecule has 194 valence electrons. The van der Waals surface area contributed by atoms with Crippen molar-refractivity contribution < 1.29 is 23.7 Å². The van der Waals surface area contributed by atoms with Gasteiger partial charge in [-0.15, -0.1) is 0 Å². The van der Waals surface area contributed by atoms with Crippen LogP contribution in [-0.4, -0.2) is 58.7 Å². The first kappa shape index (κ1) is 26.2. The number of methoxy groups -OCH3 is 1. The summed E-state index contributed by atoms with van der Waals surface area (Å²) in [7, 11) is 1.45. The van der Waals surface area contributed by atoms with Crippen LogP contribution in [0.25, 0.3) is 17.2 Å². The molecule has 0 aliphatic carbocycles. The van der Waals surface area contributed by atoms with Gasteiger partial charge in [0.2, 0.25) is 0 Å². The van der Waals surface area contributed by atoms with E-state index in [4.69, 9.17) is 18.9 Å². The highest BCUT2D eigenvalue weighted by atomic mass is 16.5. The zero-order chi connectivity index (χ0) is 25.2. The molecule has 6 nitrogen and oxygen atoms in total. The minimum Gasteiger partial charge on any atom is -0.491 e. The quantitative estimate of drug-likeness (QED) is 0.288. The van der Waals surface area contributed by atoms with Gasteiger partial charge in [0.1, 0.15) is 12.4 Å². The van der Waals surface area contributed by atoms with Crippen molar-refractivity contribution in [1.82, 2.24) is 0 Å². The zero-order valence-corrected chi connectivity index (χ0v) is 21.7. The predicted molar refractivity (Wildman–Crippen MR) is 144 cm³/mol. The van der Waals surface area contributed by atoms with Gasteiger partial charge in [0.05, 0.1) is 19.8 Å². The number of ether oxygens (including phenoxy) is 4. The summed E-state index contributed by atoms with van der Waals surface area (Å²) in [5.41, 5.74) is 5.09. The fourth-order valence-electron chi connectivity index (χ4n) is 4.80. The number of nitrogens with zero attached hydrogens (tertiary/aromatic N) is 1. The Labute approximate surface area is 215 Å². The van der Waals surface area contributed by atoms with E-state index in [-0.39, 0.29) is 12.1 Å². The molecule has 2 aromatic rings. The molecular weight excluding hydrogens is 454 g/mol. The second-order valence-electron chi connectivity index (χ2n) is 9.46. The lowest BCUT2D eigenvalue weighted by atomic mass is 9.96. The Kier molecular flexibility index (Phi) is 9.82. The smallest absolute Gasteiger partial charge is 0.333 e. The van der Waals surface area contributed by atoms with E-state index in [1.807, 2.05) is 18.2 Å². The summed E-state index contributed by atoms with van der Waals surface area (Å²) >= 11 is 0. The largest absolute Gasteiger partial charge is 0.491 e. The summed E-state index contributed by atoms with van der Waals surface area (Å²) in [6.07, 6.45) is 8.32. The Morgan fingerprint density at radius 3 is 2.64 bits per heavy atom. The second-order valence-corrected chi connectivity index (χ2v) is 9.46. The molecule has 1 saturated heterocycles. The monoisotopic (exact) mass is 493 g/mol.